The third-order valence-corrected chi connectivity index (χ3v) is 4.63. The van der Waals surface area contributed by atoms with E-state index in [2.05, 4.69) is 33.9 Å². The fourth-order valence-electron chi connectivity index (χ4n) is 2.64. The molecule has 0 aliphatic carbocycles. The summed E-state index contributed by atoms with van der Waals surface area (Å²) in [7, 11) is 0. The van der Waals surface area contributed by atoms with Gasteiger partial charge in [0.15, 0.2) is 0 Å². The molecule has 29 heavy (non-hydrogen) atoms. The molecule has 13 heteroatoms. The molecule has 1 fully saturated rings. The lowest BCUT2D eigenvalue weighted by molar-refractivity contribution is -0.142. The molecule has 7 N–H and O–H groups in total. The number of carbonyl (C=O) groups excluding carboxylic acids is 3. The van der Waals surface area contributed by atoms with Gasteiger partial charge in [-0.05, 0) is 25.8 Å². The normalized spacial score (nSPS) is 18.9. The molecule has 0 bridgehead atoms. The Morgan fingerprint density at radius 3 is 2.10 bits per heavy atom. The fourth-order valence-corrected chi connectivity index (χ4v) is 2.89. The summed E-state index contributed by atoms with van der Waals surface area (Å²) in [6.45, 7) is -0.0899. The standard InChI is InChI=1S/C16H26N4O8S/c21-6-10(19-13(24)8-2-1-5-17-8)15(26)18-9(3-4-12(22)23)14(25)20-11(7-29)16(27)28/h8-11,17,21,29H,1-7H2,(H,18,26)(H,19,24)(H,20,25)(H,22,23)(H,27,28). The van der Waals surface area contributed by atoms with E-state index in [-0.39, 0.29) is 12.2 Å². The second kappa shape index (κ2) is 12.2. The Hall–Kier alpha value is -2.38. The zero-order chi connectivity index (χ0) is 22.0. The summed E-state index contributed by atoms with van der Waals surface area (Å²) >= 11 is 3.82. The Kier molecular flexibility index (Phi) is 10.4. The highest BCUT2D eigenvalue weighted by molar-refractivity contribution is 7.80. The molecule has 0 aromatic carbocycles. The van der Waals surface area contributed by atoms with Gasteiger partial charge in [0.05, 0.1) is 12.6 Å². The number of hydrogen-bond donors (Lipinski definition) is 8. The number of rotatable bonds is 12. The lowest BCUT2D eigenvalue weighted by atomic mass is 10.1. The van der Waals surface area contributed by atoms with Crippen LogP contribution in [0.15, 0.2) is 0 Å². The number of aliphatic carboxylic acids is 2. The molecule has 0 aromatic rings. The molecule has 12 nitrogen and oxygen atoms in total. The zero-order valence-corrected chi connectivity index (χ0v) is 16.5. The molecule has 1 rings (SSSR count). The summed E-state index contributed by atoms with van der Waals surface area (Å²) < 4.78 is 0. The monoisotopic (exact) mass is 434 g/mol. The summed E-state index contributed by atoms with van der Waals surface area (Å²) in [5, 5.41) is 37.0. The Morgan fingerprint density at radius 2 is 1.62 bits per heavy atom. The van der Waals surface area contributed by atoms with E-state index in [1.54, 1.807) is 0 Å². The first kappa shape index (κ1) is 24.7. The number of aliphatic hydroxyl groups excluding tert-OH is 1. The van der Waals surface area contributed by atoms with Crippen LogP contribution in [-0.2, 0) is 24.0 Å². The van der Waals surface area contributed by atoms with Crippen LogP contribution in [0.5, 0.6) is 0 Å². The largest absolute Gasteiger partial charge is 0.481 e. The van der Waals surface area contributed by atoms with Crippen molar-refractivity contribution in [2.75, 3.05) is 18.9 Å². The van der Waals surface area contributed by atoms with Crippen molar-refractivity contribution in [2.45, 2.75) is 49.9 Å². The Morgan fingerprint density at radius 1 is 1.00 bits per heavy atom. The van der Waals surface area contributed by atoms with E-state index in [1.807, 2.05) is 0 Å². The molecule has 0 aromatic heterocycles. The van der Waals surface area contributed by atoms with Crippen LogP contribution in [0.4, 0.5) is 0 Å². The maximum atomic E-state index is 12.4. The third kappa shape index (κ3) is 8.25. The summed E-state index contributed by atoms with van der Waals surface area (Å²) in [5.41, 5.74) is 0. The van der Waals surface area contributed by atoms with Gasteiger partial charge in [-0.1, -0.05) is 0 Å². The molecule has 0 saturated carbocycles. The van der Waals surface area contributed by atoms with E-state index in [4.69, 9.17) is 10.2 Å². The topological polar surface area (TPSA) is 194 Å². The average Bonchev–Trinajstić information content (AvgIpc) is 3.21. The molecule has 0 radical (unpaired) electrons. The number of hydrogen-bond acceptors (Lipinski definition) is 8. The number of thiol groups is 1. The number of amides is 3. The minimum atomic E-state index is -1.38. The summed E-state index contributed by atoms with van der Waals surface area (Å²) in [4.78, 5) is 58.7. The predicted molar refractivity (Wildman–Crippen MR) is 102 cm³/mol. The highest BCUT2D eigenvalue weighted by atomic mass is 32.1. The van der Waals surface area contributed by atoms with Crippen molar-refractivity contribution in [3.8, 4) is 0 Å². The van der Waals surface area contributed by atoms with Gasteiger partial charge >= 0.3 is 11.9 Å². The molecule has 1 heterocycles. The summed E-state index contributed by atoms with van der Waals surface area (Å²) in [6.07, 6.45) is 0.582. The molecule has 1 aliphatic rings. The molecule has 3 amide bonds. The van der Waals surface area contributed by atoms with Crippen molar-refractivity contribution in [2.24, 2.45) is 0 Å². The van der Waals surface area contributed by atoms with Crippen molar-refractivity contribution < 1.29 is 39.3 Å². The van der Waals surface area contributed by atoms with Crippen LogP contribution in [0.1, 0.15) is 25.7 Å². The smallest absolute Gasteiger partial charge is 0.327 e. The molecule has 1 aliphatic heterocycles. The number of carboxylic acids is 2. The second-order valence-corrected chi connectivity index (χ2v) is 6.83. The Balaban J connectivity index is 2.78. The van der Waals surface area contributed by atoms with Gasteiger partial charge in [-0.15, -0.1) is 0 Å². The van der Waals surface area contributed by atoms with E-state index in [1.165, 1.54) is 0 Å². The zero-order valence-electron chi connectivity index (χ0n) is 15.6. The molecule has 164 valence electrons. The van der Waals surface area contributed by atoms with Crippen molar-refractivity contribution in [1.29, 1.82) is 0 Å². The maximum Gasteiger partial charge on any atom is 0.327 e. The van der Waals surface area contributed by atoms with Crippen molar-refractivity contribution in [1.82, 2.24) is 21.3 Å². The van der Waals surface area contributed by atoms with Gasteiger partial charge in [-0.2, -0.15) is 12.6 Å². The van der Waals surface area contributed by atoms with Crippen LogP contribution < -0.4 is 21.3 Å². The first-order valence-electron chi connectivity index (χ1n) is 9.00. The van der Waals surface area contributed by atoms with Crippen molar-refractivity contribution in [3.63, 3.8) is 0 Å². The van der Waals surface area contributed by atoms with E-state index in [0.717, 1.165) is 6.42 Å². The number of carboxylic acid groups (broad SMARTS) is 2. The molecule has 4 atom stereocenters. The minimum absolute atomic E-state index is 0.218. The van der Waals surface area contributed by atoms with Gasteiger partial charge in [0.2, 0.25) is 17.7 Å². The lowest BCUT2D eigenvalue weighted by Gasteiger charge is -2.23. The van der Waals surface area contributed by atoms with E-state index >= 15 is 0 Å². The maximum absolute atomic E-state index is 12.4. The van der Waals surface area contributed by atoms with Crippen LogP contribution in [0.2, 0.25) is 0 Å². The Bertz CT molecular complexity index is 626. The second-order valence-electron chi connectivity index (χ2n) is 6.47. The summed E-state index contributed by atoms with van der Waals surface area (Å²) in [6, 6.07) is -4.56. The van der Waals surface area contributed by atoms with Gasteiger partial charge < -0.3 is 36.6 Å². The van der Waals surface area contributed by atoms with Crippen molar-refractivity contribution in [3.05, 3.63) is 0 Å². The van der Waals surface area contributed by atoms with Crippen LogP contribution in [0.3, 0.4) is 0 Å². The van der Waals surface area contributed by atoms with Gasteiger partial charge in [-0.3, -0.25) is 19.2 Å². The minimum Gasteiger partial charge on any atom is -0.481 e. The van der Waals surface area contributed by atoms with Gasteiger partial charge in [-0.25, -0.2) is 4.79 Å². The first-order chi connectivity index (χ1) is 13.7. The lowest BCUT2D eigenvalue weighted by Crippen LogP contribution is -2.58. The first-order valence-corrected chi connectivity index (χ1v) is 9.63. The van der Waals surface area contributed by atoms with Gasteiger partial charge in [0.1, 0.15) is 18.1 Å². The Labute approximate surface area is 172 Å². The van der Waals surface area contributed by atoms with E-state index in [0.29, 0.717) is 13.0 Å². The molecule has 1 saturated heterocycles. The number of nitrogens with one attached hydrogen (secondary N) is 4. The SMILES string of the molecule is O=C(O)CCC(NC(=O)C(CO)NC(=O)C1CCCN1)C(=O)NC(CS)C(=O)O. The molecule has 0 spiro atoms. The molecular formula is C16H26N4O8S. The van der Waals surface area contributed by atoms with Crippen LogP contribution in [-0.4, -0.2) is 88.1 Å². The van der Waals surface area contributed by atoms with Crippen molar-refractivity contribution >= 4 is 42.3 Å². The summed E-state index contributed by atoms with van der Waals surface area (Å²) in [5.74, 6) is -5.08. The van der Waals surface area contributed by atoms with Crippen LogP contribution >= 0.6 is 12.6 Å². The van der Waals surface area contributed by atoms with Gasteiger partial charge in [0, 0.05) is 12.2 Å². The highest BCUT2D eigenvalue weighted by Gasteiger charge is 2.31. The number of carbonyl (C=O) groups is 5. The fraction of sp³-hybridized carbons (Fsp3) is 0.688. The predicted octanol–water partition coefficient (Wildman–Crippen LogP) is -2.94. The molecule has 4 unspecified atom stereocenters. The quantitative estimate of drug-likeness (QED) is 0.148. The number of aliphatic hydroxyl groups is 1. The van der Waals surface area contributed by atoms with Gasteiger partial charge in [0.25, 0.3) is 0 Å². The van der Waals surface area contributed by atoms with E-state index in [9.17, 15) is 29.1 Å². The van der Waals surface area contributed by atoms with E-state index < -0.39 is 66.9 Å². The third-order valence-electron chi connectivity index (χ3n) is 4.27. The highest BCUT2D eigenvalue weighted by Crippen LogP contribution is 2.06. The van der Waals surface area contributed by atoms with Crippen LogP contribution in [0.25, 0.3) is 0 Å². The average molecular weight is 434 g/mol. The molecular weight excluding hydrogens is 408 g/mol. The van der Waals surface area contributed by atoms with Crippen LogP contribution in [0, 0.1) is 0 Å².